The average molecular weight is 183 g/mol. The molecule has 0 radical (unpaired) electrons. The zero-order chi connectivity index (χ0) is 9.26. The van der Waals surface area contributed by atoms with Crippen LogP contribution in [0.2, 0.25) is 0 Å². The lowest BCUT2D eigenvalue weighted by Gasteiger charge is -2.44. The first kappa shape index (κ1) is 9.47. The van der Waals surface area contributed by atoms with Gasteiger partial charge in [-0.1, -0.05) is 26.2 Å². The fourth-order valence-electron chi connectivity index (χ4n) is 2.77. The van der Waals surface area contributed by atoms with Crippen molar-refractivity contribution < 1.29 is 5.11 Å². The van der Waals surface area contributed by atoms with E-state index in [1.807, 2.05) is 0 Å². The Morgan fingerprint density at radius 2 is 1.77 bits per heavy atom. The fourth-order valence-corrected chi connectivity index (χ4v) is 2.77. The van der Waals surface area contributed by atoms with Crippen LogP contribution < -0.4 is 0 Å². The van der Waals surface area contributed by atoms with Gasteiger partial charge >= 0.3 is 0 Å². The molecule has 76 valence electrons. The molecule has 2 fully saturated rings. The van der Waals surface area contributed by atoms with Gasteiger partial charge in [-0.3, -0.25) is 4.90 Å². The second-order valence-corrected chi connectivity index (χ2v) is 4.79. The Kier molecular flexibility index (Phi) is 2.89. The molecule has 2 heteroatoms. The van der Waals surface area contributed by atoms with Crippen molar-refractivity contribution in [1.82, 2.24) is 4.90 Å². The number of rotatable bonds is 1. The number of likely N-dealkylation sites (tertiary alicyclic amines) is 1. The zero-order valence-corrected chi connectivity index (χ0v) is 8.58. The standard InChI is InChI=1S/C11H21NO/c1-9-5-3-2-4-6-11(9)12-7-10(13)8-12/h9-11,13H,2-8H2,1H3/t9?,11-/m0/s1. The van der Waals surface area contributed by atoms with E-state index in [2.05, 4.69) is 11.8 Å². The minimum absolute atomic E-state index is 0.0320. The van der Waals surface area contributed by atoms with Crippen LogP contribution in [0.15, 0.2) is 0 Å². The van der Waals surface area contributed by atoms with Gasteiger partial charge in [0.05, 0.1) is 6.10 Å². The molecule has 2 atom stereocenters. The molecule has 13 heavy (non-hydrogen) atoms. The summed E-state index contributed by atoms with van der Waals surface area (Å²) in [5, 5.41) is 9.26. The number of nitrogens with zero attached hydrogens (tertiary/aromatic N) is 1. The van der Waals surface area contributed by atoms with Gasteiger partial charge in [0.25, 0.3) is 0 Å². The molecular formula is C11H21NO. The monoisotopic (exact) mass is 183 g/mol. The van der Waals surface area contributed by atoms with Crippen LogP contribution in [0.5, 0.6) is 0 Å². The van der Waals surface area contributed by atoms with Crippen LogP contribution in [0.4, 0.5) is 0 Å². The molecule has 1 aliphatic heterocycles. The molecule has 1 saturated heterocycles. The Morgan fingerprint density at radius 3 is 2.46 bits per heavy atom. The van der Waals surface area contributed by atoms with Gasteiger partial charge < -0.3 is 5.11 Å². The third-order valence-electron chi connectivity index (χ3n) is 3.68. The maximum absolute atomic E-state index is 9.26. The van der Waals surface area contributed by atoms with Crippen molar-refractivity contribution in [2.45, 2.75) is 51.2 Å². The molecule has 1 unspecified atom stereocenters. The lowest BCUT2D eigenvalue weighted by Crippen LogP contribution is -2.56. The Hall–Kier alpha value is -0.0800. The van der Waals surface area contributed by atoms with E-state index in [9.17, 15) is 5.11 Å². The largest absolute Gasteiger partial charge is 0.390 e. The van der Waals surface area contributed by atoms with E-state index >= 15 is 0 Å². The van der Waals surface area contributed by atoms with Crippen molar-refractivity contribution in [1.29, 1.82) is 0 Å². The Labute approximate surface area is 80.9 Å². The van der Waals surface area contributed by atoms with Gasteiger partial charge in [0, 0.05) is 19.1 Å². The average Bonchev–Trinajstić information content (AvgIpc) is 2.25. The van der Waals surface area contributed by atoms with E-state index in [-0.39, 0.29) is 6.10 Å². The predicted molar refractivity (Wildman–Crippen MR) is 53.6 cm³/mol. The quantitative estimate of drug-likeness (QED) is 0.625. The summed E-state index contributed by atoms with van der Waals surface area (Å²) in [6.07, 6.45) is 6.92. The van der Waals surface area contributed by atoms with Gasteiger partial charge in [0.1, 0.15) is 0 Å². The summed E-state index contributed by atoms with van der Waals surface area (Å²) < 4.78 is 0. The summed E-state index contributed by atoms with van der Waals surface area (Å²) >= 11 is 0. The van der Waals surface area contributed by atoms with Gasteiger partial charge in [0.2, 0.25) is 0 Å². The Morgan fingerprint density at radius 1 is 1.08 bits per heavy atom. The zero-order valence-electron chi connectivity index (χ0n) is 8.58. The van der Waals surface area contributed by atoms with E-state index in [0.29, 0.717) is 0 Å². The highest BCUT2D eigenvalue weighted by atomic mass is 16.3. The van der Waals surface area contributed by atoms with E-state index in [1.54, 1.807) is 0 Å². The van der Waals surface area contributed by atoms with Crippen LogP contribution in [0.25, 0.3) is 0 Å². The molecule has 2 nitrogen and oxygen atoms in total. The maximum atomic E-state index is 9.26. The molecule has 0 aromatic heterocycles. The number of aliphatic hydroxyl groups excluding tert-OH is 1. The molecule has 1 N–H and O–H groups in total. The molecule has 1 aliphatic carbocycles. The molecule has 0 amide bonds. The molecular weight excluding hydrogens is 162 g/mol. The highest BCUT2D eigenvalue weighted by molar-refractivity contribution is 4.88. The SMILES string of the molecule is CC1CCCCC[C@@H]1N1CC(O)C1. The summed E-state index contributed by atoms with van der Waals surface area (Å²) in [4.78, 5) is 2.47. The fraction of sp³-hybridized carbons (Fsp3) is 1.00. The number of hydrogen-bond donors (Lipinski definition) is 1. The molecule has 0 bridgehead atoms. The highest BCUT2D eigenvalue weighted by Gasteiger charge is 2.33. The van der Waals surface area contributed by atoms with E-state index in [0.717, 1.165) is 25.0 Å². The molecule has 2 aliphatic rings. The molecule has 0 aromatic carbocycles. The Bertz CT molecular complexity index is 165. The van der Waals surface area contributed by atoms with Gasteiger partial charge in [-0.15, -0.1) is 0 Å². The van der Waals surface area contributed by atoms with Gasteiger partial charge in [-0.25, -0.2) is 0 Å². The summed E-state index contributed by atoms with van der Waals surface area (Å²) in [5.74, 6) is 0.843. The summed E-state index contributed by atoms with van der Waals surface area (Å²) in [6.45, 7) is 4.23. The second-order valence-electron chi connectivity index (χ2n) is 4.79. The van der Waals surface area contributed by atoms with E-state index < -0.39 is 0 Å². The van der Waals surface area contributed by atoms with Gasteiger partial charge in [-0.05, 0) is 18.8 Å². The topological polar surface area (TPSA) is 23.5 Å². The highest BCUT2D eigenvalue weighted by Crippen LogP contribution is 2.29. The lowest BCUT2D eigenvalue weighted by molar-refractivity contribution is -0.0394. The number of aliphatic hydroxyl groups is 1. The maximum Gasteiger partial charge on any atom is 0.0794 e. The van der Waals surface area contributed by atoms with Crippen molar-refractivity contribution in [3.05, 3.63) is 0 Å². The van der Waals surface area contributed by atoms with Crippen molar-refractivity contribution in [2.24, 2.45) is 5.92 Å². The molecule has 0 spiro atoms. The van der Waals surface area contributed by atoms with Gasteiger partial charge in [0.15, 0.2) is 0 Å². The lowest BCUT2D eigenvalue weighted by atomic mass is 9.92. The van der Waals surface area contributed by atoms with Gasteiger partial charge in [-0.2, -0.15) is 0 Å². The van der Waals surface area contributed by atoms with E-state index in [1.165, 1.54) is 32.1 Å². The first-order chi connectivity index (χ1) is 6.27. The van der Waals surface area contributed by atoms with Crippen molar-refractivity contribution in [2.75, 3.05) is 13.1 Å². The van der Waals surface area contributed by atoms with Crippen LogP contribution >= 0.6 is 0 Å². The summed E-state index contributed by atoms with van der Waals surface area (Å²) in [6, 6.07) is 0.769. The van der Waals surface area contributed by atoms with E-state index in [4.69, 9.17) is 0 Å². The third-order valence-corrected chi connectivity index (χ3v) is 3.68. The normalized spacial score (nSPS) is 38.3. The molecule has 1 saturated carbocycles. The summed E-state index contributed by atoms with van der Waals surface area (Å²) in [7, 11) is 0. The minimum atomic E-state index is -0.0320. The minimum Gasteiger partial charge on any atom is -0.390 e. The molecule has 2 rings (SSSR count). The summed E-state index contributed by atoms with van der Waals surface area (Å²) in [5.41, 5.74) is 0. The van der Waals surface area contributed by atoms with Crippen molar-refractivity contribution in [3.63, 3.8) is 0 Å². The van der Waals surface area contributed by atoms with Crippen LogP contribution in [0.3, 0.4) is 0 Å². The predicted octanol–water partition coefficient (Wildman–Crippen LogP) is 1.63. The number of hydrogen-bond acceptors (Lipinski definition) is 2. The van der Waals surface area contributed by atoms with Crippen LogP contribution in [-0.2, 0) is 0 Å². The van der Waals surface area contributed by atoms with Crippen LogP contribution in [-0.4, -0.2) is 35.2 Å². The van der Waals surface area contributed by atoms with Crippen LogP contribution in [0.1, 0.15) is 39.0 Å². The molecule has 0 aromatic rings. The third kappa shape index (κ3) is 2.05. The van der Waals surface area contributed by atoms with Crippen molar-refractivity contribution >= 4 is 0 Å². The number of β-amino-alcohol motifs (C(OH)–C–C–N with tert-alkyl or cyclic N) is 1. The van der Waals surface area contributed by atoms with Crippen LogP contribution in [0, 0.1) is 5.92 Å². The first-order valence-corrected chi connectivity index (χ1v) is 5.69. The van der Waals surface area contributed by atoms with Crippen molar-refractivity contribution in [3.8, 4) is 0 Å². The second kappa shape index (κ2) is 3.97. The Balaban J connectivity index is 1.88. The molecule has 1 heterocycles. The smallest absolute Gasteiger partial charge is 0.0794 e. The first-order valence-electron chi connectivity index (χ1n) is 5.69.